The van der Waals surface area contributed by atoms with Gasteiger partial charge in [-0.3, -0.25) is 19.2 Å². The zero-order valence-corrected chi connectivity index (χ0v) is 28.7. The van der Waals surface area contributed by atoms with Crippen LogP contribution in [0.15, 0.2) is 60.7 Å². The SMILES string of the molecule is CC1(C)S[C@@H]2C(NC(=O)C(C(=O)OCOC(=O)[C@@H]3N4C(=O)C[C@H]4S(=O)(=O)C3(C)C)c3ccccc3)C(=O)N2[C@H]1C(=O)OCc1ccccc1. The normalized spacial score (nSPS) is 27.5. The fourth-order valence-corrected chi connectivity index (χ4v) is 10.5. The number of hydrogen-bond acceptors (Lipinski definition) is 12. The van der Waals surface area contributed by atoms with Crippen molar-refractivity contribution in [1.29, 1.82) is 0 Å². The first-order valence-electron chi connectivity index (χ1n) is 15.5. The van der Waals surface area contributed by atoms with Crippen LogP contribution in [0.3, 0.4) is 0 Å². The number of ether oxygens (including phenoxy) is 3. The van der Waals surface area contributed by atoms with Gasteiger partial charge in [-0.1, -0.05) is 60.7 Å². The Morgan fingerprint density at radius 2 is 1.49 bits per heavy atom. The molecule has 2 aromatic carbocycles. The van der Waals surface area contributed by atoms with E-state index in [1.54, 1.807) is 18.2 Å². The number of sulfone groups is 1. The van der Waals surface area contributed by atoms with Crippen LogP contribution in [0.25, 0.3) is 0 Å². The van der Waals surface area contributed by atoms with Crippen molar-refractivity contribution >= 4 is 57.2 Å². The third-order valence-corrected chi connectivity index (χ3v) is 13.8. The number of carbonyl (C=O) groups excluding carboxylic acids is 6. The summed E-state index contributed by atoms with van der Waals surface area (Å²) in [4.78, 5) is 81.0. The Labute approximate surface area is 286 Å². The predicted octanol–water partition coefficient (Wildman–Crippen LogP) is 1.24. The van der Waals surface area contributed by atoms with E-state index in [1.165, 1.54) is 42.6 Å². The molecule has 1 N–H and O–H groups in total. The van der Waals surface area contributed by atoms with E-state index in [9.17, 15) is 37.2 Å². The van der Waals surface area contributed by atoms with Crippen molar-refractivity contribution in [2.75, 3.05) is 6.79 Å². The van der Waals surface area contributed by atoms with Gasteiger partial charge in [0.1, 0.15) is 35.5 Å². The van der Waals surface area contributed by atoms with E-state index in [1.807, 2.05) is 44.2 Å². The van der Waals surface area contributed by atoms with E-state index in [2.05, 4.69) is 5.32 Å². The molecule has 4 heterocycles. The van der Waals surface area contributed by atoms with Crippen LogP contribution in [0.5, 0.6) is 0 Å². The average Bonchev–Trinajstić information content (AvgIpc) is 3.38. The molecular weight excluding hydrogens is 679 g/mol. The van der Waals surface area contributed by atoms with Crippen molar-refractivity contribution in [3.8, 4) is 0 Å². The Bertz CT molecular complexity index is 1820. The standard InChI is InChI=1S/C33H35N3O11S2/c1-32(2)24(30(41)45-16-18-11-7-5-8-12-18)36-27(39)23(28(36)48-32)34-26(38)22(19-13-9-6-10-14-19)29(40)46-17-47-31(42)25-33(3,4)49(43,44)21-15-20(37)35(21)25/h5-14,21-25,28H,15-17H2,1-4H3,(H,34,38)/t21-,22?,23?,24+,25+,28-/m1/s1. The van der Waals surface area contributed by atoms with Crippen LogP contribution in [0, 0.1) is 0 Å². The van der Waals surface area contributed by atoms with E-state index in [-0.39, 0.29) is 18.6 Å². The number of esters is 3. The number of nitrogens with zero attached hydrogens (tertiary/aromatic N) is 2. The third kappa shape index (κ3) is 5.73. The fourth-order valence-electron chi connectivity index (χ4n) is 6.73. The summed E-state index contributed by atoms with van der Waals surface area (Å²) in [7, 11) is -3.86. The van der Waals surface area contributed by atoms with Crippen molar-refractivity contribution in [3.63, 3.8) is 0 Å². The molecule has 2 aromatic rings. The number of thioether (sulfide) groups is 1. The van der Waals surface area contributed by atoms with Gasteiger partial charge in [0.25, 0.3) is 0 Å². The average molecular weight is 714 g/mol. The van der Waals surface area contributed by atoms with E-state index in [4.69, 9.17) is 14.2 Å². The van der Waals surface area contributed by atoms with Gasteiger partial charge in [0, 0.05) is 4.75 Å². The second-order valence-corrected chi connectivity index (χ2v) is 17.7. The highest BCUT2D eigenvalue weighted by atomic mass is 32.2. The molecule has 0 saturated carbocycles. The summed E-state index contributed by atoms with van der Waals surface area (Å²) >= 11 is 1.32. The first kappa shape index (κ1) is 34.4. The Kier molecular flexibility index (Phi) is 8.76. The highest BCUT2D eigenvalue weighted by molar-refractivity contribution is 8.01. The first-order chi connectivity index (χ1) is 23.1. The molecule has 16 heteroatoms. The number of rotatable bonds is 10. The molecule has 0 aliphatic carbocycles. The van der Waals surface area contributed by atoms with Crippen LogP contribution in [-0.4, -0.2) is 99.0 Å². The third-order valence-electron chi connectivity index (χ3n) is 9.42. The minimum atomic E-state index is -3.86. The molecule has 6 atom stereocenters. The Balaban J connectivity index is 1.10. The van der Waals surface area contributed by atoms with Gasteiger partial charge in [0.15, 0.2) is 15.8 Å². The molecule has 0 aromatic heterocycles. The highest BCUT2D eigenvalue weighted by Gasteiger charge is 2.68. The van der Waals surface area contributed by atoms with Crippen molar-refractivity contribution in [1.82, 2.24) is 15.1 Å². The lowest BCUT2D eigenvalue weighted by Gasteiger charge is -2.44. The number of carbonyl (C=O) groups is 6. The summed E-state index contributed by atoms with van der Waals surface area (Å²) in [5.74, 6) is -6.20. The Hall–Kier alpha value is -4.44. The molecule has 4 fully saturated rings. The summed E-state index contributed by atoms with van der Waals surface area (Å²) < 4.78 is 39.1. The molecule has 0 bridgehead atoms. The van der Waals surface area contributed by atoms with E-state index in [0.29, 0.717) is 0 Å². The molecule has 4 saturated heterocycles. The van der Waals surface area contributed by atoms with Gasteiger partial charge in [0.05, 0.1) is 11.2 Å². The number of fused-ring (bicyclic) bond motifs is 2. The Morgan fingerprint density at radius 3 is 2.12 bits per heavy atom. The highest BCUT2D eigenvalue weighted by Crippen LogP contribution is 2.51. The van der Waals surface area contributed by atoms with Crippen LogP contribution in [-0.2, 0) is 59.4 Å². The number of β-lactam (4-membered cyclic amide) rings is 2. The summed E-state index contributed by atoms with van der Waals surface area (Å²) in [6, 6.07) is 13.6. The van der Waals surface area contributed by atoms with Crippen LogP contribution >= 0.6 is 11.8 Å². The molecule has 4 aliphatic heterocycles. The smallest absolute Gasteiger partial charge is 0.333 e. The second-order valence-electron chi connectivity index (χ2n) is 13.2. The zero-order valence-electron chi connectivity index (χ0n) is 27.1. The lowest BCUT2D eigenvalue weighted by atomic mass is 9.94. The zero-order chi connectivity index (χ0) is 35.5. The van der Waals surface area contributed by atoms with Crippen LogP contribution in [0.1, 0.15) is 51.2 Å². The molecule has 0 spiro atoms. The van der Waals surface area contributed by atoms with Gasteiger partial charge < -0.3 is 29.3 Å². The summed E-state index contributed by atoms with van der Waals surface area (Å²) in [6.45, 7) is 5.34. The van der Waals surface area contributed by atoms with Crippen LogP contribution in [0.4, 0.5) is 0 Å². The summed E-state index contributed by atoms with van der Waals surface area (Å²) in [5, 5.41) is 0.913. The van der Waals surface area contributed by atoms with Gasteiger partial charge in [0.2, 0.25) is 24.5 Å². The maximum Gasteiger partial charge on any atom is 0.333 e. The number of hydrogen-bond donors (Lipinski definition) is 1. The topological polar surface area (TPSA) is 183 Å². The van der Waals surface area contributed by atoms with Crippen molar-refractivity contribution in [2.45, 2.75) is 85.0 Å². The largest absolute Gasteiger partial charge is 0.459 e. The molecule has 3 amide bonds. The van der Waals surface area contributed by atoms with Gasteiger partial charge in [-0.2, -0.15) is 0 Å². The molecular formula is C33H35N3O11S2. The molecule has 0 radical (unpaired) electrons. The number of nitrogens with one attached hydrogen (secondary N) is 1. The molecule has 260 valence electrons. The minimum Gasteiger partial charge on any atom is -0.459 e. The van der Waals surface area contributed by atoms with Gasteiger partial charge >= 0.3 is 17.9 Å². The van der Waals surface area contributed by atoms with Crippen molar-refractivity contribution < 1.29 is 51.4 Å². The van der Waals surface area contributed by atoms with Gasteiger partial charge in [-0.15, -0.1) is 11.8 Å². The van der Waals surface area contributed by atoms with Crippen LogP contribution < -0.4 is 5.32 Å². The number of amides is 3. The molecule has 6 rings (SSSR count). The lowest BCUT2D eigenvalue weighted by Crippen LogP contribution is -2.71. The summed E-state index contributed by atoms with van der Waals surface area (Å²) in [5.41, 5.74) is 1.03. The predicted molar refractivity (Wildman–Crippen MR) is 173 cm³/mol. The second kappa shape index (κ2) is 12.5. The molecule has 14 nitrogen and oxygen atoms in total. The van der Waals surface area contributed by atoms with Crippen molar-refractivity contribution in [2.24, 2.45) is 0 Å². The van der Waals surface area contributed by atoms with Crippen LogP contribution in [0.2, 0.25) is 0 Å². The first-order valence-corrected chi connectivity index (χ1v) is 17.9. The summed E-state index contributed by atoms with van der Waals surface area (Å²) in [6.07, 6.45) is -0.227. The quantitative estimate of drug-likeness (QED) is 0.161. The molecule has 4 aliphatic rings. The van der Waals surface area contributed by atoms with E-state index in [0.717, 1.165) is 10.5 Å². The lowest BCUT2D eigenvalue weighted by molar-refractivity contribution is -0.176. The number of benzene rings is 2. The molecule has 2 unspecified atom stereocenters. The van der Waals surface area contributed by atoms with E-state index < -0.39 is 96.5 Å². The fraction of sp³-hybridized carbons (Fsp3) is 0.455. The Morgan fingerprint density at radius 1 is 0.878 bits per heavy atom. The van der Waals surface area contributed by atoms with Gasteiger partial charge in [-0.05, 0) is 38.8 Å². The van der Waals surface area contributed by atoms with Crippen molar-refractivity contribution in [3.05, 3.63) is 71.8 Å². The monoisotopic (exact) mass is 713 g/mol. The van der Waals surface area contributed by atoms with Gasteiger partial charge in [-0.25, -0.2) is 18.0 Å². The van der Waals surface area contributed by atoms with E-state index >= 15 is 0 Å². The molecule has 49 heavy (non-hydrogen) atoms. The maximum absolute atomic E-state index is 13.6. The maximum atomic E-state index is 13.6. The minimum absolute atomic E-state index is 0.0361.